The van der Waals surface area contributed by atoms with Gasteiger partial charge in [-0.05, 0) is 31.0 Å². The van der Waals surface area contributed by atoms with E-state index >= 15 is 0 Å². The second-order valence-electron chi connectivity index (χ2n) is 5.08. The summed E-state index contributed by atoms with van der Waals surface area (Å²) >= 11 is 0. The molecule has 19 heavy (non-hydrogen) atoms. The number of hydrogen-bond acceptors (Lipinski definition) is 3. The predicted molar refractivity (Wildman–Crippen MR) is 74.5 cm³/mol. The first-order valence-electron chi connectivity index (χ1n) is 6.52. The first-order valence-corrected chi connectivity index (χ1v) is 6.52. The molecule has 3 N–H and O–H groups in total. The van der Waals surface area contributed by atoms with E-state index < -0.39 is 5.54 Å². The summed E-state index contributed by atoms with van der Waals surface area (Å²) < 4.78 is 1.93. The molecular formula is C14H20N4O. The van der Waals surface area contributed by atoms with E-state index in [9.17, 15) is 4.79 Å². The summed E-state index contributed by atoms with van der Waals surface area (Å²) in [7, 11) is 0. The number of imidazole rings is 1. The highest BCUT2D eigenvalue weighted by atomic mass is 16.2. The lowest BCUT2D eigenvalue weighted by Crippen LogP contribution is -2.51. The van der Waals surface area contributed by atoms with Crippen LogP contribution in [0.2, 0.25) is 0 Å². The van der Waals surface area contributed by atoms with Crippen LogP contribution in [0.15, 0.2) is 30.7 Å². The molecule has 2 aromatic rings. The van der Waals surface area contributed by atoms with Crippen molar-refractivity contribution in [2.24, 2.45) is 5.73 Å². The van der Waals surface area contributed by atoms with Gasteiger partial charge in [0.15, 0.2) is 0 Å². The molecule has 102 valence electrons. The number of nitrogens with two attached hydrogens (primary N) is 1. The largest absolute Gasteiger partial charge is 0.350 e. The average molecular weight is 260 g/mol. The highest BCUT2D eigenvalue weighted by molar-refractivity contribution is 5.85. The quantitative estimate of drug-likeness (QED) is 0.855. The molecule has 2 heterocycles. The van der Waals surface area contributed by atoms with Crippen LogP contribution in [0.1, 0.15) is 32.3 Å². The van der Waals surface area contributed by atoms with Gasteiger partial charge in [0.1, 0.15) is 5.65 Å². The summed E-state index contributed by atoms with van der Waals surface area (Å²) in [5.74, 6) is -0.113. The van der Waals surface area contributed by atoms with Crippen LogP contribution in [0.3, 0.4) is 0 Å². The molecule has 0 radical (unpaired) electrons. The van der Waals surface area contributed by atoms with Gasteiger partial charge in [0.2, 0.25) is 5.91 Å². The van der Waals surface area contributed by atoms with Crippen molar-refractivity contribution in [2.45, 2.75) is 38.8 Å². The third kappa shape index (κ3) is 3.12. The zero-order valence-corrected chi connectivity index (χ0v) is 11.4. The summed E-state index contributed by atoms with van der Waals surface area (Å²) in [6.45, 7) is 4.26. The standard InChI is InChI=1S/C14H20N4O/c1-3-5-14(2,15)13(19)17-10-11-4-7-18-8-6-16-12(18)9-11/h4,6-9H,3,5,10,15H2,1-2H3,(H,17,19). The number of aromatic nitrogens is 2. The van der Waals surface area contributed by atoms with Crippen LogP contribution < -0.4 is 11.1 Å². The minimum Gasteiger partial charge on any atom is -0.350 e. The van der Waals surface area contributed by atoms with Crippen LogP contribution in [-0.4, -0.2) is 20.8 Å². The van der Waals surface area contributed by atoms with Gasteiger partial charge >= 0.3 is 0 Å². The Morgan fingerprint density at radius 2 is 2.32 bits per heavy atom. The maximum Gasteiger partial charge on any atom is 0.240 e. The fourth-order valence-electron chi connectivity index (χ4n) is 2.08. The summed E-state index contributed by atoms with van der Waals surface area (Å²) in [4.78, 5) is 16.2. The maximum atomic E-state index is 12.0. The lowest BCUT2D eigenvalue weighted by atomic mass is 9.96. The second-order valence-corrected chi connectivity index (χ2v) is 5.08. The van der Waals surface area contributed by atoms with Gasteiger partial charge in [0.05, 0.1) is 5.54 Å². The van der Waals surface area contributed by atoms with Gasteiger partial charge in [0, 0.05) is 25.1 Å². The Morgan fingerprint density at radius 3 is 3.05 bits per heavy atom. The van der Waals surface area contributed by atoms with Crippen LogP contribution in [0.5, 0.6) is 0 Å². The van der Waals surface area contributed by atoms with Crippen LogP contribution >= 0.6 is 0 Å². The molecule has 0 spiro atoms. The lowest BCUT2D eigenvalue weighted by molar-refractivity contribution is -0.126. The van der Waals surface area contributed by atoms with E-state index in [1.54, 1.807) is 13.1 Å². The van der Waals surface area contributed by atoms with E-state index in [4.69, 9.17) is 5.73 Å². The molecule has 0 aliphatic heterocycles. The van der Waals surface area contributed by atoms with Gasteiger partial charge in [-0.3, -0.25) is 4.79 Å². The van der Waals surface area contributed by atoms with Crippen molar-refractivity contribution in [1.82, 2.24) is 14.7 Å². The Bertz CT molecular complexity index is 574. The van der Waals surface area contributed by atoms with Crippen LogP contribution in [0.25, 0.3) is 5.65 Å². The molecular weight excluding hydrogens is 240 g/mol. The number of carbonyl (C=O) groups excluding carboxylic acids is 1. The molecule has 0 saturated carbocycles. The van der Waals surface area contributed by atoms with Crippen LogP contribution in [0, 0.1) is 0 Å². The van der Waals surface area contributed by atoms with E-state index in [-0.39, 0.29) is 5.91 Å². The van der Waals surface area contributed by atoms with Crippen molar-refractivity contribution in [3.8, 4) is 0 Å². The molecule has 1 unspecified atom stereocenters. The van der Waals surface area contributed by atoms with Crippen molar-refractivity contribution < 1.29 is 4.79 Å². The zero-order chi connectivity index (χ0) is 13.9. The van der Waals surface area contributed by atoms with Gasteiger partial charge in [0.25, 0.3) is 0 Å². The Kier molecular flexibility index (Phi) is 3.85. The number of nitrogens with one attached hydrogen (secondary N) is 1. The molecule has 5 nitrogen and oxygen atoms in total. The Balaban J connectivity index is 2.00. The predicted octanol–water partition coefficient (Wildman–Crippen LogP) is 1.47. The number of amides is 1. The Labute approximate surface area is 112 Å². The van der Waals surface area contributed by atoms with E-state index in [1.165, 1.54) is 0 Å². The summed E-state index contributed by atoms with van der Waals surface area (Å²) in [5, 5.41) is 2.88. The van der Waals surface area contributed by atoms with E-state index in [0.717, 1.165) is 17.6 Å². The number of nitrogens with zero attached hydrogens (tertiary/aromatic N) is 2. The highest BCUT2D eigenvalue weighted by Crippen LogP contribution is 2.10. The fourth-order valence-corrected chi connectivity index (χ4v) is 2.08. The molecule has 2 rings (SSSR count). The molecule has 0 saturated heterocycles. The van der Waals surface area contributed by atoms with Crippen molar-refractivity contribution in [3.05, 3.63) is 36.3 Å². The number of carbonyl (C=O) groups is 1. The number of rotatable bonds is 5. The third-order valence-electron chi connectivity index (χ3n) is 3.20. The number of pyridine rings is 1. The van der Waals surface area contributed by atoms with Gasteiger partial charge in [-0.15, -0.1) is 0 Å². The van der Waals surface area contributed by atoms with E-state index in [2.05, 4.69) is 10.3 Å². The summed E-state index contributed by atoms with van der Waals surface area (Å²) in [6, 6.07) is 3.91. The third-order valence-corrected chi connectivity index (χ3v) is 3.20. The molecule has 1 atom stereocenters. The lowest BCUT2D eigenvalue weighted by Gasteiger charge is -2.22. The molecule has 0 aliphatic rings. The first kappa shape index (κ1) is 13.5. The zero-order valence-electron chi connectivity index (χ0n) is 11.4. The van der Waals surface area contributed by atoms with Crippen molar-refractivity contribution in [1.29, 1.82) is 0 Å². The smallest absolute Gasteiger partial charge is 0.240 e. The topological polar surface area (TPSA) is 72.4 Å². The van der Waals surface area contributed by atoms with Gasteiger partial charge in [-0.1, -0.05) is 13.3 Å². The Hall–Kier alpha value is -1.88. The highest BCUT2D eigenvalue weighted by Gasteiger charge is 2.26. The van der Waals surface area contributed by atoms with E-state index in [0.29, 0.717) is 13.0 Å². The molecule has 2 aromatic heterocycles. The van der Waals surface area contributed by atoms with Gasteiger partial charge in [-0.2, -0.15) is 0 Å². The van der Waals surface area contributed by atoms with E-state index in [1.807, 2.05) is 35.9 Å². The normalized spacial score (nSPS) is 14.3. The molecule has 1 amide bonds. The SMILES string of the molecule is CCCC(C)(N)C(=O)NCc1ccn2ccnc2c1. The maximum absolute atomic E-state index is 12.0. The number of fused-ring (bicyclic) bond motifs is 1. The molecule has 0 aliphatic carbocycles. The minimum absolute atomic E-state index is 0.113. The average Bonchev–Trinajstić information content (AvgIpc) is 2.83. The summed E-state index contributed by atoms with van der Waals surface area (Å²) in [6.07, 6.45) is 7.13. The first-order chi connectivity index (χ1) is 9.03. The minimum atomic E-state index is -0.799. The second kappa shape index (κ2) is 5.40. The van der Waals surface area contributed by atoms with Crippen molar-refractivity contribution in [2.75, 3.05) is 0 Å². The molecule has 0 fully saturated rings. The van der Waals surface area contributed by atoms with Gasteiger partial charge < -0.3 is 15.5 Å². The fraction of sp³-hybridized carbons (Fsp3) is 0.429. The Morgan fingerprint density at radius 1 is 1.53 bits per heavy atom. The molecule has 5 heteroatoms. The van der Waals surface area contributed by atoms with Crippen molar-refractivity contribution in [3.63, 3.8) is 0 Å². The van der Waals surface area contributed by atoms with Crippen LogP contribution in [0.4, 0.5) is 0 Å². The molecule has 0 bridgehead atoms. The monoisotopic (exact) mass is 260 g/mol. The molecule has 0 aromatic carbocycles. The number of hydrogen-bond donors (Lipinski definition) is 2. The van der Waals surface area contributed by atoms with Gasteiger partial charge in [-0.25, -0.2) is 4.98 Å². The van der Waals surface area contributed by atoms with Crippen LogP contribution in [-0.2, 0) is 11.3 Å². The van der Waals surface area contributed by atoms with Crippen molar-refractivity contribution >= 4 is 11.6 Å². The summed E-state index contributed by atoms with van der Waals surface area (Å²) in [5.41, 5.74) is 7.07.